The van der Waals surface area contributed by atoms with Crippen LogP contribution >= 0.6 is 0 Å². The molecule has 0 radical (unpaired) electrons. The Labute approximate surface area is 118 Å². The molecule has 1 aromatic carbocycles. The van der Waals surface area contributed by atoms with E-state index in [2.05, 4.69) is 15.3 Å². The van der Waals surface area contributed by atoms with Gasteiger partial charge in [-0.1, -0.05) is 18.2 Å². The zero-order chi connectivity index (χ0) is 15.0. The van der Waals surface area contributed by atoms with Gasteiger partial charge in [0.1, 0.15) is 5.82 Å². The lowest BCUT2D eigenvalue weighted by Crippen LogP contribution is -2.07. The van der Waals surface area contributed by atoms with E-state index in [4.69, 9.17) is 0 Å². The van der Waals surface area contributed by atoms with Crippen LogP contribution in [0.3, 0.4) is 0 Å². The van der Waals surface area contributed by atoms with Gasteiger partial charge in [-0.3, -0.25) is 4.40 Å². The molecule has 0 saturated heterocycles. The van der Waals surface area contributed by atoms with Gasteiger partial charge in [-0.15, -0.1) is 0 Å². The van der Waals surface area contributed by atoms with Crippen LogP contribution in [0.4, 0.5) is 19.0 Å². The molecule has 0 aliphatic heterocycles. The number of aromatic nitrogens is 3. The number of benzene rings is 1. The fourth-order valence-electron chi connectivity index (χ4n) is 2.17. The Bertz CT molecular complexity index is 792. The summed E-state index contributed by atoms with van der Waals surface area (Å²) in [5.41, 5.74) is 0.262. The maximum absolute atomic E-state index is 13.1. The summed E-state index contributed by atoms with van der Waals surface area (Å²) in [6.07, 6.45) is 0.122. The number of halogens is 3. The largest absolute Gasteiger partial charge is 0.417 e. The van der Waals surface area contributed by atoms with Crippen molar-refractivity contribution in [2.75, 3.05) is 12.4 Å². The molecule has 108 valence electrons. The first-order valence-electron chi connectivity index (χ1n) is 6.18. The van der Waals surface area contributed by atoms with Crippen LogP contribution < -0.4 is 5.32 Å². The van der Waals surface area contributed by atoms with Gasteiger partial charge in [-0.25, -0.2) is 9.97 Å². The van der Waals surface area contributed by atoms with Crippen molar-refractivity contribution < 1.29 is 13.2 Å². The molecule has 3 rings (SSSR count). The fourth-order valence-corrected chi connectivity index (χ4v) is 2.17. The van der Waals surface area contributed by atoms with Gasteiger partial charge < -0.3 is 5.32 Å². The second-order valence-corrected chi connectivity index (χ2v) is 4.44. The normalized spacial score (nSPS) is 11.8. The molecule has 0 bridgehead atoms. The number of hydrogen-bond donors (Lipinski definition) is 1. The van der Waals surface area contributed by atoms with Crippen molar-refractivity contribution in [2.24, 2.45) is 0 Å². The molecule has 0 spiro atoms. The zero-order valence-electron chi connectivity index (χ0n) is 11.0. The summed E-state index contributed by atoms with van der Waals surface area (Å²) in [5, 5.41) is 2.85. The van der Waals surface area contributed by atoms with Crippen molar-refractivity contribution in [2.45, 2.75) is 6.18 Å². The van der Waals surface area contributed by atoms with Gasteiger partial charge in [0.05, 0.1) is 29.8 Å². The van der Waals surface area contributed by atoms with Gasteiger partial charge in [0.25, 0.3) is 0 Å². The average molecular weight is 292 g/mol. The van der Waals surface area contributed by atoms with E-state index in [0.29, 0.717) is 17.2 Å². The van der Waals surface area contributed by atoms with E-state index in [1.807, 2.05) is 0 Å². The smallest absolute Gasteiger partial charge is 0.372 e. The molecule has 2 aromatic heterocycles. The Hall–Kier alpha value is -2.57. The van der Waals surface area contributed by atoms with Gasteiger partial charge in [0.15, 0.2) is 5.65 Å². The minimum absolute atomic E-state index is 0.0887. The number of alkyl halides is 3. The lowest BCUT2D eigenvalue weighted by atomic mass is 10.0. The average Bonchev–Trinajstić information content (AvgIpc) is 2.89. The first kappa shape index (κ1) is 13.4. The number of rotatable bonds is 2. The van der Waals surface area contributed by atoms with Crippen LogP contribution in [0, 0.1) is 0 Å². The number of fused-ring (bicyclic) bond motifs is 1. The van der Waals surface area contributed by atoms with E-state index in [-0.39, 0.29) is 5.56 Å². The SMILES string of the molecule is CNc1cn2c(-c3ccccc3C(F)(F)F)cnc2cn1. The minimum atomic E-state index is -4.42. The molecule has 0 fully saturated rings. The molecule has 4 nitrogen and oxygen atoms in total. The Morgan fingerprint density at radius 1 is 1.10 bits per heavy atom. The third-order valence-electron chi connectivity index (χ3n) is 3.16. The fraction of sp³-hybridized carbons (Fsp3) is 0.143. The van der Waals surface area contributed by atoms with Crippen LogP contribution in [0.15, 0.2) is 42.9 Å². The van der Waals surface area contributed by atoms with Crippen molar-refractivity contribution in [1.29, 1.82) is 0 Å². The molecule has 3 aromatic rings. The van der Waals surface area contributed by atoms with Gasteiger partial charge in [0, 0.05) is 12.6 Å². The Balaban J connectivity index is 2.26. The second-order valence-electron chi connectivity index (χ2n) is 4.44. The van der Waals surface area contributed by atoms with Crippen LogP contribution in [0.2, 0.25) is 0 Å². The molecule has 0 aliphatic rings. The van der Waals surface area contributed by atoms with E-state index < -0.39 is 11.7 Å². The van der Waals surface area contributed by atoms with E-state index >= 15 is 0 Å². The van der Waals surface area contributed by atoms with Crippen molar-refractivity contribution >= 4 is 11.5 Å². The van der Waals surface area contributed by atoms with Crippen LogP contribution in [0.1, 0.15) is 5.56 Å². The first-order chi connectivity index (χ1) is 10.0. The molecule has 0 aliphatic carbocycles. The van der Waals surface area contributed by atoms with Crippen molar-refractivity contribution in [3.05, 3.63) is 48.4 Å². The molecule has 1 N–H and O–H groups in total. The highest BCUT2D eigenvalue weighted by atomic mass is 19.4. The third kappa shape index (κ3) is 2.31. The van der Waals surface area contributed by atoms with E-state index in [9.17, 15) is 13.2 Å². The molecular weight excluding hydrogens is 281 g/mol. The Kier molecular flexibility index (Phi) is 3.04. The monoisotopic (exact) mass is 292 g/mol. The summed E-state index contributed by atoms with van der Waals surface area (Å²) in [7, 11) is 1.69. The number of nitrogens with one attached hydrogen (secondary N) is 1. The number of nitrogens with zero attached hydrogens (tertiary/aromatic N) is 3. The van der Waals surface area contributed by atoms with Crippen LogP contribution in [0.5, 0.6) is 0 Å². The Morgan fingerprint density at radius 3 is 2.57 bits per heavy atom. The molecule has 2 heterocycles. The third-order valence-corrected chi connectivity index (χ3v) is 3.16. The minimum Gasteiger partial charge on any atom is -0.372 e. The lowest BCUT2D eigenvalue weighted by Gasteiger charge is -2.12. The van der Waals surface area contributed by atoms with Crippen LogP contribution in [0.25, 0.3) is 16.9 Å². The van der Waals surface area contributed by atoms with Crippen LogP contribution in [-0.4, -0.2) is 21.4 Å². The van der Waals surface area contributed by atoms with E-state index in [0.717, 1.165) is 6.07 Å². The first-order valence-corrected chi connectivity index (χ1v) is 6.18. The number of anilines is 1. The lowest BCUT2D eigenvalue weighted by molar-refractivity contribution is -0.137. The maximum Gasteiger partial charge on any atom is 0.417 e. The van der Waals surface area contributed by atoms with Gasteiger partial charge in [0.2, 0.25) is 0 Å². The molecular formula is C14H11F3N4. The van der Waals surface area contributed by atoms with Crippen molar-refractivity contribution in [1.82, 2.24) is 14.4 Å². The molecule has 7 heteroatoms. The summed E-state index contributed by atoms with van der Waals surface area (Å²) >= 11 is 0. The van der Waals surface area contributed by atoms with Crippen LogP contribution in [-0.2, 0) is 6.18 Å². The van der Waals surface area contributed by atoms with Gasteiger partial charge in [-0.05, 0) is 6.07 Å². The summed E-state index contributed by atoms with van der Waals surface area (Å²) in [4.78, 5) is 8.19. The highest BCUT2D eigenvalue weighted by Gasteiger charge is 2.33. The highest BCUT2D eigenvalue weighted by molar-refractivity contribution is 5.68. The number of imidazole rings is 1. The summed E-state index contributed by atoms with van der Waals surface area (Å²) in [6, 6.07) is 5.45. The van der Waals surface area contributed by atoms with E-state index in [1.54, 1.807) is 23.7 Å². The highest BCUT2D eigenvalue weighted by Crippen LogP contribution is 2.37. The van der Waals surface area contributed by atoms with Gasteiger partial charge >= 0.3 is 6.18 Å². The second kappa shape index (κ2) is 4.76. The molecule has 0 unspecified atom stereocenters. The maximum atomic E-state index is 13.1. The van der Waals surface area contributed by atoms with Gasteiger partial charge in [-0.2, -0.15) is 13.2 Å². The van der Waals surface area contributed by atoms with E-state index in [1.165, 1.54) is 24.5 Å². The Morgan fingerprint density at radius 2 is 1.86 bits per heavy atom. The summed E-state index contributed by atoms with van der Waals surface area (Å²) in [5.74, 6) is 0.547. The van der Waals surface area contributed by atoms with Crippen molar-refractivity contribution in [3.8, 4) is 11.3 Å². The topological polar surface area (TPSA) is 42.2 Å². The quantitative estimate of drug-likeness (QED) is 0.786. The zero-order valence-corrected chi connectivity index (χ0v) is 11.0. The molecule has 0 atom stereocenters. The summed E-state index contributed by atoms with van der Waals surface area (Å²) in [6.45, 7) is 0. The predicted molar refractivity (Wildman–Crippen MR) is 73.0 cm³/mol. The molecule has 0 saturated carbocycles. The molecule has 21 heavy (non-hydrogen) atoms. The molecule has 0 amide bonds. The predicted octanol–water partition coefficient (Wildman–Crippen LogP) is 3.46. The number of hydrogen-bond acceptors (Lipinski definition) is 3. The summed E-state index contributed by atoms with van der Waals surface area (Å²) < 4.78 is 41.0. The standard InChI is InChI=1S/C14H11F3N4/c1-18-12-8-21-11(6-20-13(21)7-19-12)9-4-2-3-5-10(9)14(15,16)17/h2-8,18H,1H3. The van der Waals surface area contributed by atoms with Crippen molar-refractivity contribution in [3.63, 3.8) is 0 Å².